The van der Waals surface area contributed by atoms with Gasteiger partial charge in [0.2, 0.25) is 5.91 Å². The SMILES string of the molecule is CCCCC/C=C/CC/C=C/[C@@H](O)[C@H](CO)NC(=O)CCCCCCCCCCCCCCCCCC. The van der Waals surface area contributed by atoms with Crippen molar-refractivity contribution in [3.63, 3.8) is 0 Å². The standard InChI is InChI=1S/C33H63NO3/c1-3-5-7-9-11-13-14-15-16-17-18-19-21-23-25-27-29-33(37)34-31(30-35)32(36)28-26-24-22-20-12-10-8-6-4-2/h12,20,26,28,31-32,35-36H,3-11,13-19,21-25,27,29-30H2,1-2H3,(H,34,37)/b20-12+,28-26+/t31-,32+/m0/s1. The van der Waals surface area contributed by atoms with E-state index in [1.807, 2.05) is 6.08 Å². The summed E-state index contributed by atoms with van der Waals surface area (Å²) in [4.78, 5) is 12.2. The minimum Gasteiger partial charge on any atom is -0.394 e. The van der Waals surface area contributed by atoms with Crippen LogP contribution >= 0.6 is 0 Å². The lowest BCUT2D eigenvalue weighted by Crippen LogP contribution is -2.45. The van der Waals surface area contributed by atoms with Crippen molar-refractivity contribution in [2.75, 3.05) is 6.61 Å². The molecule has 4 heteroatoms. The van der Waals surface area contributed by atoms with Gasteiger partial charge in [0, 0.05) is 6.42 Å². The Morgan fingerprint density at radius 1 is 0.622 bits per heavy atom. The number of aliphatic hydroxyl groups is 2. The van der Waals surface area contributed by atoms with Crippen LogP contribution in [0.25, 0.3) is 0 Å². The molecule has 0 saturated carbocycles. The van der Waals surface area contributed by atoms with E-state index >= 15 is 0 Å². The van der Waals surface area contributed by atoms with Crippen molar-refractivity contribution in [2.24, 2.45) is 0 Å². The third-order valence-electron chi connectivity index (χ3n) is 7.19. The van der Waals surface area contributed by atoms with Gasteiger partial charge < -0.3 is 15.5 Å². The van der Waals surface area contributed by atoms with Crippen LogP contribution in [0.4, 0.5) is 0 Å². The minimum absolute atomic E-state index is 0.0770. The summed E-state index contributed by atoms with van der Waals surface area (Å²) in [6.07, 6.45) is 35.4. The van der Waals surface area contributed by atoms with Crippen molar-refractivity contribution < 1.29 is 15.0 Å². The molecule has 0 bridgehead atoms. The Labute approximate surface area is 230 Å². The number of hydrogen-bond donors (Lipinski definition) is 3. The van der Waals surface area contributed by atoms with Crippen LogP contribution in [-0.2, 0) is 4.79 Å². The third-order valence-corrected chi connectivity index (χ3v) is 7.19. The van der Waals surface area contributed by atoms with E-state index in [1.165, 1.54) is 109 Å². The van der Waals surface area contributed by atoms with Crippen molar-refractivity contribution in [3.8, 4) is 0 Å². The van der Waals surface area contributed by atoms with E-state index in [0.717, 1.165) is 32.1 Å². The molecule has 0 spiro atoms. The van der Waals surface area contributed by atoms with Gasteiger partial charge in [-0.25, -0.2) is 0 Å². The van der Waals surface area contributed by atoms with Gasteiger partial charge in [-0.05, 0) is 32.1 Å². The van der Waals surface area contributed by atoms with Crippen LogP contribution in [0, 0.1) is 0 Å². The summed E-state index contributed by atoms with van der Waals surface area (Å²) in [6.45, 7) is 4.23. The summed E-state index contributed by atoms with van der Waals surface area (Å²) in [6, 6.07) is -0.630. The quantitative estimate of drug-likeness (QED) is 0.0711. The molecule has 0 aliphatic heterocycles. The first-order valence-electron chi connectivity index (χ1n) is 16.1. The molecule has 3 N–H and O–H groups in total. The topological polar surface area (TPSA) is 69.6 Å². The van der Waals surface area contributed by atoms with Gasteiger partial charge >= 0.3 is 0 Å². The third kappa shape index (κ3) is 26.3. The first-order valence-corrected chi connectivity index (χ1v) is 16.1. The second kappa shape index (κ2) is 29.4. The largest absolute Gasteiger partial charge is 0.394 e. The first-order chi connectivity index (χ1) is 18.2. The van der Waals surface area contributed by atoms with Gasteiger partial charge in [0.25, 0.3) is 0 Å². The van der Waals surface area contributed by atoms with Crippen LogP contribution in [0.3, 0.4) is 0 Å². The molecule has 218 valence electrons. The fraction of sp³-hybridized carbons (Fsp3) is 0.848. The maximum Gasteiger partial charge on any atom is 0.220 e. The van der Waals surface area contributed by atoms with Gasteiger partial charge in [-0.1, -0.05) is 147 Å². The molecular weight excluding hydrogens is 458 g/mol. The molecule has 0 aromatic rings. The zero-order valence-electron chi connectivity index (χ0n) is 24.7. The van der Waals surface area contributed by atoms with Crippen molar-refractivity contribution in [3.05, 3.63) is 24.3 Å². The molecular formula is C33H63NO3. The van der Waals surface area contributed by atoms with E-state index in [-0.39, 0.29) is 12.5 Å². The Balaban J connectivity index is 3.63. The van der Waals surface area contributed by atoms with Gasteiger partial charge in [-0.15, -0.1) is 0 Å². The number of amides is 1. The molecule has 37 heavy (non-hydrogen) atoms. The number of carbonyl (C=O) groups excluding carboxylic acids is 1. The van der Waals surface area contributed by atoms with E-state index in [1.54, 1.807) is 6.08 Å². The van der Waals surface area contributed by atoms with E-state index in [2.05, 4.69) is 31.3 Å². The minimum atomic E-state index is -0.853. The number of allylic oxidation sites excluding steroid dienone is 3. The maximum atomic E-state index is 12.2. The maximum absolute atomic E-state index is 12.2. The molecule has 0 aliphatic rings. The fourth-order valence-electron chi connectivity index (χ4n) is 4.66. The van der Waals surface area contributed by atoms with Crippen molar-refractivity contribution in [2.45, 2.75) is 174 Å². The Hall–Kier alpha value is -1.13. The highest BCUT2D eigenvalue weighted by atomic mass is 16.3. The monoisotopic (exact) mass is 521 g/mol. The van der Waals surface area contributed by atoms with Gasteiger partial charge in [0.15, 0.2) is 0 Å². The van der Waals surface area contributed by atoms with Gasteiger partial charge in [-0.3, -0.25) is 4.79 Å². The van der Waals surface area contributed by atoms with Crippen molar-refractivity contribution >= 4 is 5.91 Å². The molecule has 0 heterocycles. The molecule has 4 nitrogen and oxygen atoms in total. The molecule has 1 amide bonds. The summed E-state index contributed by atoms with van der Waals surface area (Å²) >= 11 is 0. The Morgan fingerprint density at radius 3 is 1.57 bits per heavy atom. The van der Waals surface area contributed by atoms with Crippen LogP contribution in [0.5, 0.6) is 0 Å². The first kappa shape index (κ1) is 35.9. The molecule has 0 fully saturated rings. The lowest BCUT2D eigenvalue weighted by Gasteiger charge is -2.19. The van der Waals surface area contributed by atoms with Crippen molar-refractivity contribution in [1.29, 1.82) is 0 Å². The van der Waals surface area contributed by atoms with Gasteiger partial charge in [-0.2, -0.15) is 0 Å². The number of rotatable bonds is 28. The molecule has 0 aromatic heterocycles. The van der Waals surface area contributed by atoms with Crippen LogP contribution in [-0.4, -0.2) is 34.9 Å². The molecule has 0 radical (unpaired) electrons. The Kier molecular flexibility index (Phi) is 28.5. The van der Waals surface area contributed by atoms with E-state index in [9.17, 15) is 15.0 Å². The predicted molar refractivity (Wildman–Crippen MR) is 161 cm³/mol. The zero-order valence-corrected chi connectivity index (χ0v) is 24.7. The second-order valence-electron chi connectivity index (χ2n) is 10.9. The number of aliphatic hydroxyl groups excluding tert-OH is 2. The Bertz CT molecular complexity index is 532. The summed E-state index contributed by atoms with van der Waals surface area (Å²) in [7, 11) is 0. The summed E-state index contributed by atoms with van der Waals surface area (Å²) in [5, 5.41) is 22.7. The van der Waals surface area contributed by atoms with Crippen LogP contribution in [0.2, 0.25) is 0 Å². The number of carbonyl (C=O) groups is 1. The smallest absolute Gasteiger partial charge is 0.220 e. The average Bonchev–Trinajstić information content (AvgIpc) is 2.90. The lowest BCUT2D eigenvalue weighted by atomic mass is 10.0. The molecule has 0 aliphatic carbocycles. The zero-order chi connectivity index (χ0) is 27.2. The van der Waals surface area contributed by atoms with E-state index < -0.39 is 12.1 Å². The normalized spacial score (nSPS) is 13.5. The van der Waals surface area contributed by atoms with Gasteiger partial charge in [0.05, 0.1) is 18.8 Å². The fourth-order valence-corrected chi connectivity index (χ4v) is 4.66. The number of hydrogen-bond acceptors (Lipinski definition) is 3. The Morgan fingerprint density at radius 2 is 1.05 bits per heavy atom. The molecule has 0 rings (SSSR count). The highest BCUT2D eigenvalue weighted by molar-refractivity contribution is 5.76. The second-order valence-corrected chi connectivity index (χ2v) is 10.9. The number of unbranched alkanes of at least 4 members (excludes halogenated alkanes) is 19. The molecule has 0 saturated heterocycles. The van der Waals surface area contributed by atoms with Crippen LogP contribution < -0.4 is 5.32 Å². The van der Waals surface area contributed by atoms with Crippen LogP contribution in [0.1, 0.15) is 162 Å². The van der Waals surface area contributed by atoms with Crippen molar-refractivity contribution in [1.82, 2.24) is 5.32 Å². The molecule has 0 unspecified atom stereocenters. The molecule has 2 atom stereocenters. The molecule has 0 aromatic carbocycles. The van der Waals surface area contributed by atoms with E-state index in [4.69, 9.17) is 0 Å². The summed E-state index contributed by atoms with van der Waals surface area (Å²) < 4.78 is 0. The summed E-state index contributed by atoms with van der Waals surface area (Å²) in [5.41, 5.74) is 0. The number of nitrogens with one attached hydrogen (secondary N) is 1. The summed E-state index contributed by atoms with van der Waals surface area (Å²) in [5.74, 6) is -0.0770. The highest BCUT2D eigenvalue weighted by Gasteiger charge is 2.17. The lowest BCUT2D eigenvalue weighted by molar-refractivity contribution is -0.123. The predicted octanol–water partition coefficient (Wildman–Crippen LogP) is 8.95. The van der Waals surface area contributed by atoms with Gasteiger partial charge in [0.1, 0.15) is 0 Å². The van der Waals surface area contributed by atoms with E-state index in [0.29, 0.717) is 6.42 Å². The highest BCUT2D eigenvalue weighted by Crippen LogP contribution is 2.14. The average molecular weight is 522 g/mol. The van der Waals surface area contributed by atoms with Crippen LogP contribution in [0.15, 0.2) is 24.3 Å².